The Kier molecular flexibility index (Phi) is 4.44. The maximum atomic E-state index is 11.9. The van der Waals surface area contributed by atoms with Gasteiger partial charge < -0.3 is 25.2 Å². The van der Waals surface area contributed by atoms with Crippen LogP contribution in [0.5, 0.6) is 11.5 Å². The lowest BCUT2D eigenvalue weighted by Gasteiger charge is -2.43. The normalized spacial score (nSPS) is 30.0. The third-order valence-electron chi connectivity index (χ3n) is 5.82. The molecule has 2 fully saturated rings. The number of carbonyl (C=O) groups is 1. The van der Waals surface area contributed by atoms with Crippen molar-refractivity contribution in [3.05, 3.63) is 23.3 Å². The second-order valence-electron chi connectivity index (χ2n) is 6.95. The van der Waals surface area contributed by atoms with E-state index in [9.17, 15) is 9.90 Å². The van der Waals surface area contributed by atoms with E-state index in [0.717, 1.165) is 37.8 Å². The van der Waals surface area contributed by atoms with Gasteiger partial charge in [0.25, 0.3) is 5.91 Å². The van der Waals surface area contributed by atoms with Crippen LogP contribution >= 0.6 is 0 Å². The number of nitrogens with two attached hydrogens (primary N) is 1. The highest BCUT2D eigenvalue weighted by atomic mass is 16.5. The van der Waals surface area contributed by atoms with Crippen molar-refractivity contribution >= 4 is 5.91 Å². The van der Waals surface area contributed by atoms with E-state index in [2.05, 4.69) is 11.9 Å². The lowest BCUT2D eigenvalue weighted by molar-refractivity contribution is 0.0566. The number of hydrogen-bond acceptors (Lipinski definition) is 5. The summed E-state index contributed by atoms with van der Waals surface area (Å²) in [4.78, 5) is 14.2. The van der Waals surface area contributed by atoms with Crippen molar-refractivity contribution in [2.24, 2.45) is 5.73 Å². The van der Waals surface area contributed by atoms with E-state index >= 15 is 0 Å². The Morgan fingerprint density at radius 3 is 2.71 bits per heavy atom. The maximum absolute atomic E-state index is 11.9. The molecule has 0 radical (unpaired) electrons. The minimum Gasteiger partial charge on any atom is -0.493 e. The molecule has 3 atom stereocenters. The molecular weight excluding hydrogens is 308 g/mol. The monoisotopic (exact) mass is 334 g/mol. The lowest BCUT2D eigenvalue weighted by Crippen LogP contribution is -2.47. The fraction of sp³-hybridized carbons (Fsp3) is 0.611. The first kappa shape index (κ1) is 17.0. The van der Waals surface area contributed by atoms with Gasteiger partial charge in [-0.1, -0.05) is 0 Å². The predicted molar refractivity (Wildman–Crippen MR) is 90.6 cm³/mol. The average molecular weight is 334 g/mol. The van der Waals surface area contributed by atoms with E-state index in [1.165, 1.54) is 7.11 Å². The number of likely N-dealkylation sites (tertiary alicyclic amines) is 1. The van der Waals surface area contributed by atoms with Crippen LogP contribution in [0.1, 0.15) is 41.6 Å². The highest BCUT2D eigenvalue weighted by molar-refractivity contribution is 5.97. The Hall–Kier alpha value is -1.79. The summed E-state index contributed by atoms with van der Waals surface area (Å²) in [5.41, 5.74) is 6.88. The molecule has 1 amide bonds. The molecule has 1 aliphatic heterocycles. The summed E-state index contributed by atoms with van der Waals surface area (Å²) in [6.45, 7) is 0.970. The molecule has 1 aromatic rings. The zero-order valence-corrected chi connectivity index (χ0v) is 14.5. The van der Waals surface area contributed by atoms with Crippen LogP contribution in [0, 0.1) is 0 Å². The van der Waals surface area contributed by atoms with Crippen LogP contribution in [-0.2, 0) is 5.41 Å². The van der Waals surface area contributed by atoms with Crippen molar-refractivity contribution in [1.29, 1.82) is 0 Å². The molecule has 1 aliphatic carbocycles. The molecule has 1 saturated carbocycles. The molecule has 6 heteroatoms. The topological polar surface area (TPSA) is 85.0 Å². The number of nitrogens with zero attached hydrogens (tertiary/aromatic N) is 1. The second kappa shape index (κ2) is 6.26. The van der Waals surface area contributed by atoms with Crippen LogP contribution < -0.4 is 15.2 Å². The van der Waals surface area contributed by atoms with E-state index in [1.807, 2.05) is 12.1 Å². The molecule has 0 unspecified atom stereocenters. The number of likely N-dealkylation sites (N-methyl/N-ethyl adjacent to an activating group) is 1. The quantitative estimate of drug-likeness (QED) is 0.867. The molecule has 3 rings (SSSR count). The highest BCUT2D eigenvalue weighted by Gasteiger charge is 2.50. The third kappa shape index (κ3) is 2.54. The Balaban J connectivity index is 2.14. The number of aliphatic hydroxyl groups excluding tert-OH is 1. The number of aliphatic hydroxyl groups is 1. The molecule has 0 spiro atoms. The molecule has 1 saturated heterocycles. The van der Waals surface area contributed by atoms with E-state index in [1.54, 1.807) is 7.11 Å². The van der Waals surface area contributed by atoms with E-state index in [4.69, 9.17) is 15.2 Å². The van der Waals surface area contributed by atoms with Crippen LogP contribution in [0.25, 0.3) is 0 Å². The zero-order chi connectivity index (χ0) is 17.5. The number of benzene rings is 1. The van der Waals surface area contributed by atoms with Crippen molar-refractivity contribution in [3.8, 4) is 11.5 Å². The van der Waals surface area contributed by atoms with Crippen LogP contribution in [0.3, 0.4) is 0 Å². The van der Waals surface area contributed by atoms with Gasteiger partial charge in [0, 0.05) is 11.5 Å². The van der Waals surface area contributed by atoms with Gasteiger partial charge in [-0.05, 0) is 57.0 Å². The van der Waals surface area contributed by atoms with Crippen molar-refractivity contribution in [3.63, 3.8) is 0 Å². The molecule has 1 aromatic carbocycles. The first-order valence-corrected chi connectivity index (χ1v) is 8.37. The first-order chi connectivity index (χ1) is 11.4. The van der Waals surface area contributed by atoms with Crippen molar-refractivity contribution in [2.45, 2.75) is 43.2 Å². The molecule has 0 aromatic heterocycles. The van der Waals surface area contributed by atoms with Crippen LogP contribution in [-0.4, -0.2) is 55.9 Å². The minimum atomic E-state index is -0.526. The van der Waals surface area contributed by atoms with Gasteiger partial charge in [0.15, 0.2) is 11.5 Å². The Morgan fingerprint density at radius 2 is 2.08 bits per heavy atom. The molecule has 3 N–H and O–H groups in total. The third-order valence-corrected chi connectivity index (χ3v) is 5.82. The fourth-order valence-electron chi connectivity index (χ4n) is 4.53. The van der Waals surface area contributed by atoms with Crippen molar-refractivity contribution < 1.29 is 19.4 Å². The van der Waals surface area contributed by atoms with Crippen LogP contribution in [0.15, 0.2) is 12.1 Å². The van der Waals surface area contributed by atoms with Gasteiger partial charge in [-0.15, -0.1) is 0 Å². The second-order valence-corrected chi connectivity index (χ2v) is 6.95. The van der Waals surface area contributed by atoms with Gasteiger partial charge in [0.1, 0.15) is 0 Å². The lowest BCUT2D eigenvalue weighted by atomic mass is 9.65. The molecule has 132 valence electrons. The molecule has 24 heavy (non-hydrogen) atoms. The van der Waals surface area contributed by atoms with Crippen LogP contribution in [0.2, 0.25) is 0 Å². The summed E-state index contributed by atoms with van der Waals surface area (Å²) in [6.07, 6.45) is 3.13. The summed E-state index contributed by atoms with van der Waals surface area (Å²) in [6, 6.07) is 4.07. The number of rotatable bonds is 4. The first-order valence-electron chi connectivity index (χ1n) is 8.37. The van der Waals surface area contributed by atoms with Gasteiger partial charge in [-0.3, -0.25) is 4.79 Å². The Bertz CT molecular complexity index is 648. The minimum absolute atomic E-state index is 0.0856. The number of carbonyl (C=O) groups excluding carboxylic acids is 1. The molecule has 0 bridgehead atoms. The van der Waals surface area contributed by atoms with E-state index in [0.29, 0.717) is 17.1 Å². The van der Waals surface area contributed by atoms with Gasteiger partial charge >= 0.3 is 0 Å². The smallest absolute Gasteiger partial charge is 0.252 e. The summed E-state index contributed by atoms with van der Waals surface area (Å²) >= 11 is 0. The number of primary amides is 1. The SMILES string of the molecule is COc1cc([C@@]23CC[C@@H](O)C[C@@H]2N(C)CC3)cc(C(N)=O)c1OC. The predicted octanol–water partition coefficient (Wildman–Crippen LogP) is 1.29. The summed E-state index contributed by atoms with van der Waals surface area (Å²) in [5.74, 6) is 0.378. The standard InChI is InChI=1S/C18H26N2O4/c1-20-7-6-18(5-4-12(21)10-15(18)20)11-8-13(17(19)22)16(24-3)14(9-11)23-2/h8-9,12,15,21H,4-7,10H2,1-3H3,(H2,19,22)/t12-,15+,18+/m1/s1. The number of ether oxygens (including phenoxy) is 2. The number of amides is 1. The zero-order valence-electron chi connectivity index (χ0n) is 14.5. The maximum Gasteiger partial charge on any atom is 0.252 e. The molecular formula is C18H26N2O4. The highest BCUT2D eigenvalue weighted by Crippen LogP contribution is 2.50. The Labute approximate surface area is 142 Å². The molecule has 2 aliphatic rings. The molecule has 1 heterocycles. The van der Waals surface area contributed by atoms with Crippen LogP contribution in [0.4, 0.5) is 0 Å². The van der Waals surface area contributed by atoms with E-state index < -0.39 is 5.91 Å². The fourth-order valence-corrected chi connectivity index (χ4v) is 4.53. The largest absolute Gasteiger partial charge is 0.493 e. The van der Waals surface area contributed by atoms with Crippen molar-refractivity contribution in [1.82, 2.24) is 4.90 Å². The Morgan fingerprint density at radius 1 is 1.33 bits per heavy atom. The number of methoxy groups -OCH3 is 2. The number of fused-ring (bicyclic) bond motifs is 1. The van der Waals surface area contributed by atoms with Crippen molar-refractivity contribution in [2.75, 3.05) is 27.8 Å². The van der Waals surface area contributed by atoms with E-state index in [-0.39, 0.29) is 17.6 Å². The molecule has 6 nitrogen and oxygen atoms in total. The van der Waals surface area contributed by atoms with Gasteiger partial charge in [0.05, 0.1) is 25.9 Å². The van der Waals surface area contributed by atoms with Gasteiger partial charge in [0.2, 0.25) is 0 Å². The summed E-state index contributed by atoms with van der Waals surface area (Å²) < 4.78 is 10.8. The van der Waals surface area contributed by atoms with Gasteiger partial charge in [-0.2, -0.15) is 0 Å². The van der Waals surface area contributed by atoms with Gasteiger partial charge in [-0.25, -0.2) is 0 Å². The summed E-state index contributed by atoms with van der Waals surface area (Å²) in [5, 5.41) is 10.1. The summed E-state index contributed by atoms with van der Waals surface area (Å²) in [7, 11) is 5.17. The average Bonchev–Trinajstić information content (AvgIpc) is 2.91. The number of hydrogen-bond donors (Lipinski definition) is 2.